The zero-order chi connectivity index (χ0) is 11.5. The van der Waals surface area contributed by atoms with E-state index in [1.807, 2.05) is 0 Å². The van der Waals surface area contributed by atoms with Gasteiger partial charge in [-0.15, -0.1) is 0 Å². The number of nitrogens with two attached hydrogens (primary N) is 1. The van der Waals surface area contributed by atoms with Crippen molar-refractivity contribution in [2.75, 3.05) is 7.11 Å². The van der Waals surface area contributed by atoms with Crippen LogP contribution in [0.3, 0.4) is 0 Å². The molecule has 5 heteroatoms. The summed E-state index contributed by atoms with van der Waals surface area (Å²) in [7, 11) is 1.58. The number of carbonyl (C=O) groups excluding carboxylic acids is 1. The number of rotatable bonds is 3. The zero-order valence-corrected chi connectivity index (χ0v) is 8.64. The van der Waals surface area contributed by atoms with Gasteiger partial charge in [0.05, 0.1) is 7.11 Å². The van der Waals surface area contributed by atoms with E-state index in [0.29, 0.717) is 5.76 Å². The Hall–Kier alpha value is -2.30. The fourth-order valence-corrected chi connectivity index (χ4v) is 1.37. The number of oxazole rings is 1. The van der Waals surface area contributed by atoms with Gasteiger partial charge in [-0.1, -0.05) is 0 Å². The average molecular weight is 218 g/mol. The van der Waals surface area contributed by atoms with Gasteiger partial charge < -0.3 is 14.9 Å². The van der Waals surface area contributed by atoms with Gasteiger partial charge in [0.25, 0.3) is 5.91 Å². The van der Waals surface area contributed by atoms with Crippen molar-refractivity contribution in [3.63, 3.8) is 0 Å². The number of aromatic nitrogens is 1. The largest absolute Gasteiger partial charge is 0.497 e. The maximum Gasteiger partial charge on any atom is 0.271 e. The van der Waals surface area contributed by atoms with E-state index in [1.165, 1.54) is 6.39 Å². The standard InChI is InChI=1S/C11H10N2O3/c1-15-8-4-2-7(3-5-8)10-9(11(12)14)13-6-16-10/h2-6H,1H3,(H2,12,14). The molecule has 0 saturated carbocycles. The Morgan fingerprint density at radius 2 is 2.06 bits per heavy atom. The molecule has 1 aromatic heterocycles. The van der Waals surface area contributed by atoms with Gasteiger partial charge in [-0.3, -0.25) is 4.79 Å². The molecule has 2 N–H and O–H groups in total. The van der Waals surface area contributed by atoms with Crippen LogP contribution in [-0.4, -0.2) is 18.0 Å². The molecule has 1 aromatic carbocycles. The van der Waals surface area contributed by atoms with E-state index in [1.54, 1.807) is 31.4 Å². The molecular formula is C11H10N2O3. The third-order valence-electron chi connectivity index (χ3n) is 2.15. The Morgan fingerprint density at radius 3 is 2.62 bits per heavy atom. The van der Waals surface area contributed by atoms with Crippen molar-refractivity contribution in [1.82, 2.24) is 4.98 Å². The van der Waals surface area contributed by atoms with Gasteiger partial charge in [-0.2, -0.15) is 0 Å². The molecule has 0 atom stereocenters. The van der Waals surface area contributed by atoms with Crippen molar-refractivity contribution < 1.29 is 13.9 Å². The van der Waals surface area contributed by atoms with Gasteiger partial charge in [-0.25, -0.2) is 4.98 Å². The summed E-state index contributed by atoms with van der Waals surface area (Å²) in [5.41, 5.74) is 6.02. The first-order valence-electron chi connectivity index (χ1n) is 4.60. The maximum absolute atomic E-state index is 11.1. The number of nitrogens with zero attached hydrogens (tertiary/aromatic N) is 1. The molecule has 2 rings (SSSR count). The van der Waals surface area contributed by atoms with Gasteiger partial charge in [0.1, 0.15) is 5.75 Å². The molecule has 16 heavy (non-hydrogen) atoms. The minimum absolute atomic E-state index is 0.130. The predicted molar refractivity (Wildman–Crippen MR) is 57.0 cm³/mol. The second-order valence-electron chi connectivity index (χ2n) is 3.12. The lowest BCUT2D eigenvalue weighted by molar-refractivity contribution is 0.0996. The second-order valence-corrected chi connectivity index (χ2v) is 3.12. The Balaban J connectivity index is 2.42. The number of hydrogen-bond acceptors (Lipinski definition) is 4. The summed E-state index contributed by atoms with van der Waals surface area (Å²) in [6, 6.07) is 7.07. The number of ether oxygens (including phenoxy) is 1. The molecule has 0 aliphatic heterocycles. The molecule has 1 heterocycles. The second kappa shape index (κ2) is 4.06. The molecule has 0 unspecified atom stereocenters. The van der Waals surface area contributed by atoms with Gasteiger partial charge in [-0.05, 0) is 24.3 Å². The van der Waals surface area contributed by atoms with Crippen molar-refractivity contribution in [1.29, 1.82) is 0 Å². The first-order valence-corrected chi connectivity index (χ1v) is 4.60. The van der Waals surface area contributed by atoms with E-state index in [0.717, 1.165) is 11.3 Å². The number of methoxy groups -OCH3 is 1. The molecule has 0 fully saturated rings. The van der Waals surface area contributed by atoms with Crippen LogP contribution in [0.15, 0.2) is 35.1 Å². The predicted octanol–water partition coefficient (Wildman–Crippen LogP) is 1.45. The summed E-state index contributed by atoms with van der Waals surface area (Å²) in [4.78, 5) is 14.8. The van der Waals surface area contributed by atoms with Crippen LogP contribution in [-0.2, 0) is 0 Å². The maximum atomic E-state index is 11.1. The van der Waals surface area contributed by atoms with Gasteiger partial charge in [0.2, 0.25) is 0 Å². The molecule has 2 aromatic rings. The molecule has 82 valence electrons. The smallest absolute Gasteiger partial charge is 0.271 e. The summed E-state index contributed by atoms with van der Waals surface area (Å²) in [5, 5.41) is 0. The Kier molecular flexibility index (Phi) is 2.59. The molecule has 1 amide bonds. The minimum atomic E-state index is -0.612. The monoisotopic (exact) mass is 218 g/mol. The van der Waals surface area contributed by atoms with Crippen molar-refractivity contribution in [3.05, 3.63) is 36.4 Å². The van der Waals surface area contributed by atoms with E-state index < -0.39 is 5.91 Å². The number of amides is 1. The van der Waals surface area contributed by atoms with Crippen LogP contribution in [0.5, 0.6) is 5.75 Å². The van der Waals surface area contributed by atoms with Crippen LogP contribution in [0.2, 0.25) is 0 Å². The molecule has 0 radical (unpaired) electrons. The summed E-state index contributed by atoms with van der Waals surface area (Å²) >= 11 is 0. The molecular weight excluding hydrogens is 208 g/mol. The SMILES string of the molecule is COc1ccc(-c2ocnc2C(N)=O)cc1. The first kappa shape index (κ1) is 10.2. The summed E-state index contributed by atoms with van der Waals surface area (Å²) in [6.45, 7) is 0. The lowest BCUT2D eigenvalue weighted by Gasteiger charge is -2.01. The third-order valence-corrected chi connectivity index (χ3v) is 2.15. The van der Waals surface area contributed by atoms with Crippen LogP contribution in [0.25, 0.3) is 11.3 Å². The minimum Gasteiger partial charge on any atom is -0.497 e. The van der Waals surface area contributed by atoms with E-state index in [2.05, 4.69) is 4.98 Å². The number of primary amides is 1. The first-order chi connectivity index (χ1) is 7.72. The van der Waals surface area contributed by atoms with Crippen LogP contribution < -0.4 is 10.5 Å². The highest BCUT2D eigenvalue weighted by Gasteiger charge is 2.15. The number of benzene rings is 1. The number of hydrogen-bond donors (Lipinski definition) is 1. The van der Waals surface area contributed by atoms with Crippen LogP contribution in [0.4, 0.5) is 0 Å². The fraction of sp³-hybridized carbons (Fsp3) is 0.0909. The third kappa shape index (κ3) is 1.75. The van der Waals surface area contributed by atoms with Crippen molar-refractivity contribution in [2.24, 2.45) is 5.73 Å². The quantitative estimate of drug-likeness (QED) is 0.845. The van der Waals surface area contributed by atoms with Crippen molar-refractivity contribution in [3.8, 4) is 17.1 Å². The van der Waals surface area contributed by atoms with Crippen molar-refractivity contribution in [2.45, 2.75) is 0 Å². The highest BCUT2D eigenvalue weighted by molar-refractivity contribution is 5.96. The summed E-state index contributed by atoms with van der Waals surface area (Å²) in [6.07, 6.45) is 1.19. The molecule has 0 saturated heterocycles. The van der Waals surface area contributed by atoms with E-state index in [9.17, 15) is 4.79 Å². The molecule has 0 aliphatic rings. The highest BCUT2D eigenvalue weighted by atomic mass is 16.5. The lowest BCUT2D eigenvalue weighted by Crippen LogP contribution is -2.12. The Labute approximate surface area is 91.8 Å². The van der Waals surface area contributed by atoms with Crippen molar-refractivity contribution >= 4 is 5.91 Å². The average Bonchev–Trinajstić information content (AvgIpc) is 2.78. The molecule has 0 spiro atoms. The lowest BCUT2D eigenvalue weighted by atomic mass is 10.1. The van der Waals surface area contributed by atoms with Gasteiger partial charge in [0.15, 0.2) is 17.8 Å². The zero-order valence-electron chi connectivity index (χ0n) is 8.64. The van der Waals surface area contributed by atoms with Crippen LogP contribution in [0, 0.1) is 0 Å². The van der Waals surface area contributed by atoms with E-state index in [-0.39, 0.29) is 5.69 Å². The van der Waals surface area contributed by atoms with Gasteiger partial charge >= 0.3 is 0 Å². The molecule has 0 bridgehead atoms. The molecule has 5 nitrogen and oxygen atoms in total. The van der Waals surface area contributed by atoms with Gasteiger partial charge in [0, 0.05) is 5.56 Å². The van der Waals surface area contributed by atoms with E-state index >= 15 is 0 Å². The van der Waals surface area contributed by atoms with Crippen LogP contribution >= 0.6 is 0 Å². The van der Waals surface area contributed by atoms with Crippen LogP contribution in [0.1, 0.15) is 10.5 Å². The summed E-state index contributed by atoms with van der Waals surface area (Å²) < 4.78 is 10.2. The topological polar surface area (TPSA) is 78.3 Å². The normalized spacial score (nSPS) is 10.1. The number of carbonyl (C=O) groups is 1. The summed E-state index contributed by atoms with van der Waals surface area (Å²) in [5.74, 6) is 0.485. The highest BCUT2D eigenvalue weighted by Crippen LogP contribution is 2.24. The fourth-order valence-electron chi connectivity index (χ4n) is 1.37. The Morgan fingerprint density at radius 1 is 1.38 bits per heavy atom. The Bertz CT molecular complexity index is 502. The van der Waals surface area contributed by atoms with E-state index in [4.69, 9.17) is 14.9 Å². The molecule has 0 aliphatic carbocycles.